The van der Waals surface area contributed by atoms with E-state index in [1.165, 1.54) is 361 Å². The zero-order valence-corrected chi connectivity index (χ0v) is 47.5. The van der Waals surface area contributed by atoms with Crippen molar-refractivity contribution in [2.24, 2.45) is 0 Å². The van der Waals surface area contributed by atoms with E-state index >= 15 is 0 Å². The van der Waals surface area contributed by atoms with Crippen molar-refractivity contribution in [3.8, 4) is 0 Å². The molecule has 1 aliphatic rings. The second-order valence-corrected chi connectivity index (χ2v) is 22.3. The first-order valence-electron chi connectivity index (χ1n) is 31.8. The first-order chi connectivity index (χ1) is 33.2. The van der Waals surface area contributed by atoms with Gasteiger partial charge in [-0.2, -0.15) is 0 Å². The lowest BCUT2D eigenvalue weighted by atomic mass is 10.1. The van der Waals surface area contributed by atoms with Crippen LogP contribution in [-0.2, 0) is 0 Å². The molecule has 0 amide bonds. The lowest BCUT2D eigenvalue weighted by Crippen LogP contribution is -2.50. The zero-order valence-electron chi connectivity index (χ0n) is 47.5. The predicted octanol–water partition coefficient (Wildman–Crippen LogP) is 18.0. The number of piperazine rings is 1. The molecule has 0 radical (unpaired) electrons. The summed E-state index contributed by atoms with van der Waals surface area (Å²) >= 11 is 0. The Morgan fingerprint density at radius 2 is 0.567 bits per heavy atom. The van der Waals surface area contributed by atoms with Crippen molar-refractivity contribution in [1.82, 2.24) is 24.9 Å². The van der Waals surface area contributed by atoms with E-state index in [1.807, 2.05) is 0 Å². The van der Waals surface area contributed by atoms with Crippen LogP contribution in [0.4, 0.5) is 0 Å². The van der Waals surface area contributed by atoms with Crippen molar-refractivity contribution < 1.29 is 0 Å². The average molecular weight is 945 g/mol. The molecule has 0 aliphatic carbocycles. The molecule has 0 aromatic heterocycles. The number of unbranched alkanes of at least 4 members (excludes halogenated alkanes) is 37. The molecule has 0 aromatic rings. The molecule has 0 aromatic carbocycles. The highest BCUT2D eigenvalue weighted by Gasteiger charge is 2.20. The van der Waals surface area contributed by atoms with Crippen molar-refractivity contribution in [3.05, 3.63) is 0 Å². The van der Waals surface area contributed by atoms with Crippen LogP contribution >= 0.6 is 0 Å². The van der Waals surface area contributed by atoms with Gasteiger partial charge in [0.1, 0.15) is 0 Å². The number of rotatable bonds is 56. The third-order valence-corrected chi connectivity index (χ3v) is 15.7. The number of hydrogen-bond acceptors (Lipinski definition) is 5. The van der Waals surface area contributed by atoms with Crippen LogP contribution in [0, 0.1) is 0 Å². The lowest BCUT2D eigenvalue weighted by molar-refractivity contribution is 0.112. The highest BCUT2D eigenvalue weighted by molar-refractivity contribution is 4.79. The fourth-order valence-corrected chi connectivity index (χ4v) is 10.9. The fraction of sp³-hybridized carbons (Fsp3) is 1.00. The highest BCUT2D eigenvalue weighted by Crippen LogP contribution is 2.16. The van der Waals surface area contributed by atoms with Crippen LogP contribution in [0.15, 0.2) is 0 Å². The standard InChI is InChI=1S/C62H129N5/c1-6-11-16-21-26-29-32-35-38-43-49-63-62(61-67(52-46-41-36-33-30-27-22-17-12-7-2)53-47-42-37-34-31-28-23-18-13-8-3)48-54-65-56-59-66(60-57-65)58-55-64(50-44-39-24-19-14-9-4)51-45-40-25-20-15-10-5/h62-63H,6-61H2,1-5H3. The molecule has 5 nitrogen and oxygen atoms in total. The molecule has 402 valence electrons. The van der Waals surface area contributed by atoms with Crippen molar-refractivity contribution in [1.29, 1.82) is 0 Å². The Bertz CT molecular complexity index is 866. The van der Waals surface area contributed by atoms with Crippen LogP contribution in [-0.4, -0.2) is 111 Å². The maximum Gasteiger partial charge on any atom is 0.0207 e. The summed E-state index contributed by atoms with van der Waals surface area (Å²) in [6, 6.07) is 0.625. The molecule has 1 rings (SSSR count). The Kier molecular flexibility index (Phi) is 51.8. The van der Waals surface area contributed by atoms with Gasteiger partial charge < -0.3 is 20.0 Å². The summed E-state index contributed by atoms with van der Waals surface area (Å²) < 4.78 is 0. The smallest absolute Gasteiger partial charge is 0.0207 e. The van der Waals surface area contributed by atoms with Crippen LogP contribution in [0.25, 0.3) is 0 Å². The second-order valence-electron chi connectivity index (χ2n) is 22.3. The summed E-state index contributed by atoms with van der Waals surface area (Å²) in [4.78, 5) is 11.4. The Morgan fingerprint density at radius 1 is 0.299 bits per heavy atom. The van der Waals surface area contributed by atoms with Crippen LogP contribution in [0.1, 0.15) is 311 Å². The normalized spacial score (nSPS) is 14.4. The molecule has 0 spiro atoms. The summed E-state index contributed by atoms with van der Waals surface area (Å²) in [5.74, 6) is 0. The van der Waals surface area contributed by atoms with Crippen LogP contribution < -0.4 is 5.32 Å². The molecule has 1 aliphatic heterocycles. The average Bonchev–Trinajstić information content (AvgIpc) is 3.34. The Labute approximate surface area is 425 Å². The van der Waals surface area contributed by atoms with Crippen molar-refractivity contribution >= 4 is 0 Å². The van der Waals surface area contributed by atoms with Gasteiger partial charge in [-0.3, -0.25) is 4.90 Å². The third kappa shape index (κ3) is 45.4. The summed E-state index contributed by atoms with van der Waals surface area (Å²) in [6.07, 6.45) is 61.2. The van der Waals surface area contributed by atoms with Gasteiger partial charge in [-0.15, -0.1) is 0 Å². The second kappa shape index (κ2) is 53.6. The molecular formula is C62H129N5. The SMILES string of the molecule is CCCCCCCCCCCCNC(CCN1CCN(CCN(CCCCCCCC)CCCCCCCC)CC1)CN(CCCCCCCCCCCC)CCCCCCCCCCCC. The van der Waals surface area contributed by atoms with Crippen molar-refractivity contribution in [2.75, 3.05) is 85.1 Å². The summed E-state index contributed by atoms with van der Waals surface area (Å²) in [7, 11) is 0. The van der Waals surface area contributed by atoms with Gasteiger partial charge in [0, 0.05) is 51.9 Å². The highest BCUT2D eigenvalue weighted by atomic mass is 15.3. The zero-order chi connectivity index (χ0) is 48.2. The largest absolute Gasteiger partial charge is 0.313 e. The van der Waals surface area contributed by atoms with E-state index in [1.54, 1.807) is 0 Å². The van der Waals surface area contributed by atoms with Gasteiger partial charge in [-0.1, -0.05) is 272 Å². The first kappa shape index (κ1) is 64.8. The van der Waals surface area contributed by atoms with Crippen LogP contribution in [0.5, 0.6) is 0 Å². The Balaban J connectivity index is 2.74. The van der Waals surface area contributed by atoms with E-state index < -0.39 is 0 Å². The van der Waals surface area contributed by atoms with Crippen molar-refractivity contribution in [3.63, 3.8) is 0 Å². The molecule has 1 atom stereocenters. The maximum absolute atomic E-state index is 4.21. The minimum Gasteiger partial charge on any atom is -0.313 e. The van der Waals surface area contributed by atoms with Gasteiger partial charge in [0.15, 0.2) is 0 Å². The van der Waals surface area contributed by atoms with E-state index in [9.17, 15) is 0 Å². The van der Waals surface area contributed by atoms with Gasteiger partial charge in [0.25, 0.3) is 0 Å². The van der Waals surface area contributed by atoms with Gasteiger partial charge in [0.05, 0.1) is 0 Å². The van der Waals surface area contributed by atoms with Gasteiger partial charge >= 0.3 is 0 Å². The van der Waals surface area contributed by atoms with E-state index in [-0.39, 0.29) is 0 Å². The third-order valence-electron chi connectivity index (χ3n) is 15.7. The number of nitrogens with zero attached hydrogens (tertiary/aromatic N) is 4. The maximum atomic E-state index is 4.21. The van der Waals surface area contributed by atoms with E-state index in [2.05, 4.69) is 59.5 Å². The molecule has 0 bridgehead atoms. The van der Waals surface area contributed by atoms with E-state index in [4.69, 9.17) is 0 Å². The van der Waals surface area contributed by atoms with Crippen LogP contribution in [0.3, 0.4) is 0 Å². The molecule has 1 unspecified atom stereocenters. The molecule has 1 heterocycles. The minimum atomic E-state index is 0.625. The van der Waals surface area contributed by atoms with Gasteiger partial charge in [-0.25, -0.2) is 0 Å². The summed E-state index contributed by atoms with van der Waals surface area (Å²) in [5, 5.41) is 4.21. The molecule has 1 saturated heterocycles. The number of hydrogen-bond donors (Lipinski definition) is 1. The monoisotopic (exact) mass is 944 g/mol. The molecular weight excluding hydrogens is 815 g/mol. The Hall–Kier alpha value is -0.200. The topological polar surface area (TPSA) is 25.0 Å². The quantitative estimate of drug-likeness (QED) is 0.0613. The van der Waals surface area contributed by atoms with E-state index in [0.717, 1.165) is 0 Å². The molecule has 1 fully saturated rings. The minimum absolute atomic E-state index is 0.625. The Morgan fingerprint density at radius 3 is 0.896 bits per heavy atom. The summed E-state index contributed by atoms with van der Waals surface area (Å²) in [5.41, 5.74) is 0. The molecule has 1 N–H and O–H groups in total. The predicted molar refractivity (Wildman–Crippen MR) is 304 cm³/mol. The number of nitrogens with one attached hydrogen (secondary N) is 1. The lowest BCUT2D eigenvalue weighted by Gasteiger charge is -2.37. The van der Waals surface area contributed by atoms with Gasteiger partial charge in [0.2, 0.25) is 0 Å². The van der Waals surface area contributed by atoms with Crippen LogP contribution in [0.2, 0.25) is 0 Å². The molecule has 0 saturated carbocycles. The van der Waals surface area contributed by atoms with E-state index in [0.29, 0.717) is 6.04 Å². The van der Waals surface area contributed by atoms with Gasteiger partial charge in [-0.05, 0) is 77.8 Å². The van der Waals surface area contributed by atoms with Crippen molar-refractivity contribution in [2.45, 2.75) is 317 Å². The molecule has 67 heavy (non-hydrogen) atoms. The summed E-state index contributed by atoms with van der Waals surface area (Å²) in [6.45, 7) is 28.3. The molecule has 5 heteroatoms. The first-order valence-corrected chi connectivity index (χ1v) is 31.8. The fourth-order valence-electron chi connectivity index (χ4n) is 10.9.